The lowest BCUT2D eigenvalue weighted by molar-refractivity contribution is 0.360. The molecule has 0 heterocycles. The van der Waals surface area contributed by atoms with E-state index in [0.717, 1.165) is 5.92 Å². The zero-order chi connectivity index (χ0) is 13.6. The van der Waals surface area contributed by atoms with Gasteiger partial charge in [-0.2, -0.15) is 0 Å². The van der Waals surface area contributed by atoms with E-state index in [1.807, 2.05) is 0 Å². The molecule has 0 fully saturated rings. The Morgan fingerprint density at radius 3 is 2.06 bits per heavy atom. The fourth-order valence-corrected chi connectivity index (χ4v) is 2.65. The van der Waals surface area contributed by atoms with Gasteiger partial charge in [-0.05, 0) is 18.8 Å². The van der Waals surface area contributed by atoms with Crippen LogP contribution < -0.4 is 0 Å². The molecular formula is C18H34. The number of terminal acetylenes is 1. The summed E-state index contributed by atoms with van der Waals surface area (Å²) < 4.78 is 0. The SMILES string of the molecule is C#CC(CCCCCCC)CC(CC)CCCC. The largest absolute Gasteiger partial charge is 0.120 e. The first-order valence-corrected chi connectivity index (χ1v) is 8.24. The predicted molar refractivity (Wildman–Crippen MR) is 83.6 cm³/mol. The molecule has 0 saturated carbocycles. The van der Waals surface area contributed by atoms with Gasteiger partial charge in [0.05, 0.1) is 0 Å². The van der Waals surface area contributed by atoms with Crippen molar-refractivity contribution in [1.29, 1.82) is 0 Å². The van der Waals surface area contributed by atoms with Crippen LogP contribution in [0, 0.1) is 24.2 Å². The van der Waals surface area contributed by atoms with Gasteiger partial charge in [-0.3, -0.25) is 0 Å². The van der Waals surface area contributed by atoms with E-state index in [9.17, 15) is 0 Å². The summed E-state index contributed by atoms with van der Waals surface area (Å²) in [4.78, 5) is 0. The van der Waals surface area contributed by atoms with Gasteiger partial charge in [0.25, 0.3) is 0 Å². The smallest absolute Gasteiger partial charge is 0.0202 e. The van der Waals surface area contributed by atoms with Crippen LogP contribution in [0.3, 0.4) is 0 Å². The fourth-order valence-electron chi connectivity index (χ4n) is 2.65. The molecule has 0 radical (unpaired) electrons. The standard InChI is InChI=1S/C18H34/c1-5-9-11-12-13-15-18(8-4)16-17(7-3)14-10-6-2/h4,17-18H,5-7,9-16H2,1-3H3. The third kappa shape index (κ3) is 9.58. The molecule has 0 heteroatoms. The summed E-state index contributed by atoms with van der Waals surface area (Å²) in [5.41, 5.74) is 0. The fraction of sp³-hybridized carbons (Fsp3) is 0.889. The lowest BCUT2D eigenvalue weighted by Gasteiger charge is -2.19. The first-order valence-electron chi connectivity index (χ1n) is 8.24. The second kappa shape index (κ2) is 13.0. The van der Waals surface area contributed by atoms with Crippen LogP contribution in [0.2, 0.25) is 0 Å². The van der Waals surface area contributed by atoms with E-state index in [1.165, 1.54) is 70.6 Å². The molecule has 0 saturated heterocycles. The van der Waals surface area contributed by atoms with Gasteiger partial charge < -0.3 is 0 Å². The van der Waals surface area contributed by atoms with Gasteiger partial charge in [-0.1, -0.05) is 78.6 Å². The van der Waals surface area contributed by atoms with E-state index >= 15 is 0 Å². The van der Waals surface area contributed by atoms with Gasteiger partial charge in [0.1, 0.15) is 0 Å². The molecule has 0 amide bonds. The van der Waals surface area contributed by atoms with E-state index in [0.29, 0.717) is 5.92 Å². The molecule has 0 spiro atoms. The average Bonchev–Trinajstić information content (AvgIpc) is 2.41. The van der Waals surface area contributed by atoms with Crippen molar-refractivity contribution in [3.8, 4) is 12.3 Å². The van der Waals surface area contributed by atoms with Crippen molar-refractivity contribution >= 4 is 0 Å². The number of rotatable bonds is 12. The van der Waals surface area contributed by atoms with Gasteiger partial charge >= 0.3 is 0 Å². The average molecular weight is 250 g/mol. The molecule has 0 aromatic carbocycles. The minimum absolute atomic E-state index is 0.536. The van der Waals surface area contributed by atoms with Crippen molar-refractivity contribution in [3.05, 3.63) is 0 Å². The third-order valence-electron chi connectivity index (χ3n) is 4.05. The highest BCUT2D eigenvalue weighted by Crippen LogP contribution is 2.24. The summed E-state index contributed by atoms with van der Waals surface area (Å²) in [6.07, 6.45) is 20.4. The summed E-state index contributed by atoms with van der Waals surface area (Å²) in [7, 11) is 0. The maximum atomic E-state index is 5.70. The quantitative estimate of drug-likeness (QED) is 0.285. The van der Waals surface area contributed by atoms with Gasteiger partial charge in [-0.25, -0.2) is 0 Å². The zero-order valence-electron chi connectivity index (χ0n) is 13.0. The van der Waals surface area contributed by atoms with E-state index in [1.54, 1.807) is 0 Å². The number of hydrogen-bond acceptors (Lipinski definition) is 0. The number of hydrogen-bond donors (Lipinski definition) is 0. The van der Waals surface area contributed by atoms with E-state index in [-0.39, 0.29) is 0 Å². The van der Waals surface area contributed by atoms with E-state index < -0.39 is 0 Å². The highest BCUT2D eigenvalue weighted by atomic mass is 14.2. The maximum absolute atomic E-state index is 5.70. The van der Waals surface area contributed by atoms with Crippen molar-refractivity contribution in [3.63, 3.8) is 0 Å². The Labute approximate surface area is 116 Å². The third-order valence-corrected chi connectivity index (χ3v) is 4.05. The summed E-state index contributed by atoms with van der Waals surface area (Å²) in [6.45, 7) is 6.86. The van der Waals surface area contributed by atoms with E-state index in [4.69, 9.17) is 6.42 Å². The molecule has 0 aromatic rings. The number of unbranched alkanes of at least 4 members (excludes halogenated alkanes) is 5. The Morgan fingerprint density at radius 1 is 0.833 bits per heavy atom. The Morgan fingerprint density at radius 2 is 1.50 bits per heavy atom. The molecule has 0 aromatic heterocycles. The van der Waals surface area contributed by atoms with Crippen LogP contribution in [-0.4, -0.2) is 0 Å². The molecule has 0 bridgehead atoms. The van der Waals surface area contributed by atoms with Crippen LogP contribution in [0.15, 0.2) is 0 Å². The van der Waals surface area contributed by atoms with Crippen molar-refractivity contribution in [2.24, 2.45) is 11.8 Å². The normalized spacial score (nSPS) is 14.1. The van der Waals surface area contributed by atoms with Gasteiger partial charge in [0, 0.05) is 5.92 Å². The van der Waals surface area contributed by atoms with Gasteiger partial charge in [0.15, 0.2) is 0 Å². The van der Waals surface area contributed by atoms with Crippen LogP contribution in [0.1, 0.15) is 91.4 Å². The summed E-state index contributed by atoms with van der Waals surface area (Å²) in [6, 6.07) is 0. The van der Waals surface area contributed by atoms with Crippen molar-refractivity contribution in [2.75, 3.05) is 0 Å². The lowest BCUT2D eigenvalue weighted by atomic mass is 9.86. The van der Waals surface area contributed by atoms with Crippen LogP contribution in [0.5, 0.6) is 0 Å². The Balaban J connectivity index is 3.76. The molecule has 0 aliphatic heterocycles. The molecule has 106 valence electrons. The Kier molecular flexibility index (Phi) is 12.7. The van der Waals surface area contributed by atoms with Crippen LogP contribution >= 0.6 is 0 Å². The van der Waals surface area contributed by atoms with Crippen LogP contribution in [-0.2, 0) is 0 Å². The van der Waals surface area contributed by atoms with Crippen molar-refractivity contribution in [1.82, 2.24) is 0 Å². The molecule has 2 atom stereocenters. The first-order chi connectivity index (χ1) is 8.78. The molecule has 0 N–H and O–H groups in total. The molecule has 0 aliphatic rings. The lowest BCUT2D eigenvalue weighted by Crippen LogP contribution is -2.07. The monoisotopic (exact) mass is 250 g/mol. The highest BCUT2D eigenvalue weighted by Gasteiger charge is 2.12. The zero-order valence-corrected chi connectivity index (χ0v) is 13.0. The Hall–Kier alpha value is -0.440. The van der Waals surface area contributed by atoms with Crippen molar-refractivity contribution < 1.29 is 0 Å². The van der Waals surface area contributed by atoms with Gasteiger partial charge in [0.2, 0.25) is 0 Å². The molecule has 0 nitrogen and oxygen atoms in total. The molecule has 0 rings (SSSR count). The molecular weight excluding hydrogens is 216 g/mol. The van der Waals surface area contributed by atoms with E-state index in [2.05, 4.69) is 26.7 Å². The summed E-state index contributed by atoms with van der Waals surface area (Å²) >= 11 is 0. The minimum Gasteiger partial charge on any atom is -0.120 e. The second-order valence-corrected chi connectivity index (χ2v) is 5.72. The second-order valence-electron chi connectivity index (χ2n) is 5.72. The van der Waals surface area contributed by atoms with Crippen LogP contribution in [0.25, 0.3) is 0 Å². The first kappa shape index (κ1) is 17.6. The topological polar surface area (TPSA) is 0 Å². The molecule has 0 aliphatic carbocycles. The maximum Gasteiger partial charge on any atom is 0.0202 e. The summed E-state index contributed by atoms with van der Waals surface area (Å²) in [5, 5.41) is 0. The predicted octanol–water partition coefficient (Wildman–Crippen LogP) is 6.20. The highest BCUT2D eigenvalue weighted by molar-refractivity contribution is 4.93. The van der Waals surface area contributed by atoms with Crippen LogP contribution in [0.4, 0.5) is 0 Å². The summed E-state index contributed by atoms with van der Waals surface area (Å²) in [5.74, 6) is 4.43. The molecule has 2 unspecified atom stereocenters. The minimum atomic E-state index is 0.536. The Bertz CT molecular complexity index is 199. The molecule has 18 heavy (non-hydrogen) atoms. The van der Waals surface area contributed by atoms with Crippen molar-refractivity contribution in [2.45, 2.75) is 91.4 Å². The van der Waals surface area contributed by atoms with Gasteiger partial charge in [-0.15, -0.1) is 12.3 Å².